The van der Waals surface area contributed by atoms with E-state index < -0.39 is 23.4 Å². The molecular weight excluding hydrogens is 313 g/mol. The number of hydrogen-bond donors (Lipinski definition) is 2. The molecular formula is C17H26FN3O3. The number of carbonyl (C=O) groups excluding carboxylic acids is 2. The number of methoxy groups -OCH3 is 1. The number of carbonyl (C=O) groups is 2. The number of ether oxygens (including phenoxy) is 1. The Morgan fingerprint density at radius 3 is 2.50 bits per heavy atom. The van der Waals surface area contributed by atoms with E-state index in [0.29, 0.717) is 13.1 Å². The molecule has 1 aromatic carbocycles. The number of benzene rings is 1. The molecule has 7 heteroatoms. The Labute approximate surface area is 142 Å². The molecule has 134 valence electrons. The fourth-order valence-corrected chi connectivity index (χ4v) is 2.13. The zero-order chi connectivity index (χ0) is 18.3. The number of likely N-dealkylation sites (N-methyl/N-ethyl adjacent to an activating group) is 1. The van der Waals surface area contributed by atoms with Crippen LogP contribution < -0.4 is 10.6 Å². The maximum Gasteiger partial charge on any atom is 0.257 e. The van der Waals surface area contributed by atoms with Crippen LogP contribution in [0.2, 0.25) is 0 Å². The van der Waals surface area contributed by atoms with Crippen LogP contribution in [-0.4, -0.2) is 57.1 Å². The van der Waals surface area contributed by atoms with Gasteiger partial charge in [-0.15, -0.1) is 0 Å². The molecule has 0 bridgehead atoms. The summed E-state index contributed by atoms with van der Waals surface area (Å²) < 4.78 is 19.3. The van der Waals surface area contributed by atoms with Gasteiger partial charge >= 0.3 is 0 Å². The Morgan fingerprint density at radius 1 is 1.33 bits per heavy atom. The van der Waals surface area contributed by atoms with Crippen molar-refractivity contribution in [1.82, 2.24) is 15.5 Å². The zero-order valence-corrected chi connectivity index (χ0v) is 14.9. The predicted octanol–water partition coefficient (Wildman–Crippen LogP) is 0.870. The number of amides is 2. The van der Waals surface area contributed by atoms with Gasteiger partial charge in [-0.1, -0.05) is 18.2 Å². The Hall–Kier alpha value is -1.99. The van der Waals surface area contributed by atoms with E-state index in [-0.39, 0.29) is 11.5 Å². The van der Waals surface area contributed by atoms with E-state index in [4.69, 9.17) is 4.74 Å². The Bertz CT molecular complexity index is 580. The molecule has 2 N–H and O–H groups in total. The van der Waals surface area contributed by atoms with Gasteiger partial charge in [-0.3, -0.25) is 9.59 Å². The van der Waals surface area contributed by atoms with Crippen LogP contribution >= 0.6 is 0 Å². The SMILES string of the molecule is CO[C@@](C)(C(=O)N[C@H](C)C(=O)NCCN(C)C)c1ccccc1F. The third-order valence-corrected chi connectivity index (χ3v) is 3.83. The molecule has 0 radical (unpaired) electrons. The first-order chi connectivity index (χ1) is 11.2. The van der Waals surface area contributed by atoms with Crippen molar-refractivity contribution in [2.45, 2.75) is 25.5 Å². The Morgan fingerprint density at radius 2 is 1.96 bits per heavy atom. The van der Waals surface area contributed by atoms with Crippen LogP contribution in [0.5, 0.6) is 0 Å². The molecule has 2 amide bonds. The van der Waals surface area contributed by atoms with Gasteiger partial charge in [0, 0.05) is 25.8 Å². The van der Waals surface area contributed by atoms with Crippen LogP contribution in [0.1, 0.15) is 19.4 Å². The van der Waals surface area contributed by atoms with Crippen LogP contribution in [0.4, 0.5) is 4.39 Å². The van der Waals surface area contributed by atoms with E-state index in [1.807, 2.05) is 19.0 Å². The van der Waals surface area contributed by atoms with Gasteiger partial charge in [0.2, 0.25) is 5.91 Å². The van der Waals surface area contributed by atoms with Crippen LogP contribution in [0, 0.1) is 5.82 Å². The molecule has 2 atom stereocenters. The minimum atomic E-state index is -1.52. The van der Waals surface area contributed by atoms with Gasteiger partial charge in [-0.05, 0) is 34.0 Å². The lowest BCUT2D eigenvalue weighted by atomic mass is 9.93. The third-order valence-electron chi connectivity index (χ3n) is 3.83. The minimum absolute atomic E-state index is 0.116. The van der Waals surface area contributed by atoms with Crippen molar-refractivity contribution in [3.8, 4) is 0 Å². The molecule has 6 nitrogen and oxygen atoms in total. The zero-order valence-electron chi connectivity index (χ0n) is 14.9. The number of halogens is 1. The number of hydrogen-bond acceptors (Lipinski definition) is 4. The molecule has 0 aliphatic rings. The monoisotopic (exact) mass is 339 g/mol. The fourth-order valence-electron chi connectivity index (χ4n) is 2.13. The fraction of sp³-hybridized carbons (Fsp3) is 0.529. The number of nitrogens with zero attached hydrogens (tertiary/aromatic N) is 1. The maximum absolute atomic E-state index is 14.0. The van der Waals surface area contributed by atoms with Crippen molar-refractivity contribution in [2.24, 2.45) is 0 Å². The second-order valence-corrected chi connectivity index (χ2v) is 6.01. The smallest absolute Gasteiger partial charge is 0.257 e. The minimum Gasteiger partial charge on any atom is -0.364 e. The molecule has 0 aromatic heterocycles. The molecule has 0 saturated heterocycles. The first-order valence-electron chi connectivity index (χ1n) is 7.76. The summed E-state index contributed by atoms with van der Waals surface area (Å²) in [6, 6.07) is 5.15. The van der Waals surface area contributed by atoms with Crippen LogP contribution in [0.3, 0.4) is 0 Å². The number of rotatable bonds is 8. The van der Waals surface area contributed by atoms with Crippen LogP contribution in [0.25, 0.3) is 0 Å². The highest BCUT2D eigenvalue weighted by molar-refractivity contribution is 5.91. The molecule has 1 rings (SSSR count). The van der Waals surface area contributed by atoms with Crippen molar-refractivity contribution in [3.05, 3.63) is 35.6 Å². The van der Waals surface area contributed by atoms with Gasteiger partial charge < -0.3 is 20.3 Å². The lowest BCUT2D eigenvalue weighted by molar-refractivity contribution is -0.145. The number of nitrogens with one attached hydrogen (secondary N) is 2. The summed E-state index contributed by atoms with van der Waals surface area (Å²) in [4.78, 5) is 26.5. The van der Waals surface area contributed by atoms with E-state index in [9.17, 15) is 14.0 Å². The van der Waals surface area contributed by atoms with Gasteiger partial charge in [0.25, 0.3) is 5.91 Å². The summed E-state index contributed by atoms with van der Waals surface area (Å²) in [5, 5.41) is 5.31. The summed E-state index contributed by atoms with van der Waals surface area (Å²) >= 11 is 0. The molecule has 0 aliphatic carbocycles. The van der Waals surface area contributed by atoms with Crippen molar-refractivity contribution >= 4 is 11.8 Å². The van der Waals surface area contributed by atoms with Crippen molar-refractivity contribution < 1.29 is 18.7 Å². The van der Waals surface area contributed by atoms with Gasteiger partial charge in [0.05, 0.1) is 0 Å². The third kappa shape index (κ3) is 5.01. The molecule has 0 unspecified atom stereocenters. The van der Waals surface area contributed by atoms with Gasteiger partial charge in [0.15, 0.2) is 5.60 Å². The van der Waals surface area contributed by atoms with Gasteiger partial charge in [-0.25, -0.2) is 4.39 Å². The largest absolute Gasteiger partial charge is 0.364 e. The summed E-state index contributed by atoms with van der Waals surface area (Å²) in [6.45, 7) is 4.20. The van der Waals surface area contributed by atoms with Crippen LogP contribution in [-0.2, 0) is 19.9 Å². The van der Waals surface area contributed by atoms with E-state index in [1.165, 1.54) is 32.2 Å². The highest BCUT2D eigenvalue weighted by Crippen LogP contribution is 2.27. The van der Waals surface area contributed by atoms with E-state index in [2.05, 4.69) is 10.6 Å². The highest BCUT2D eigenvalue weighted by Gasteiger charge is 2.38. The molecule has 1 aromatic rings. The van der Waals surface area contributed by atoms with E-state index in [0.717, 1.165) is 0 Å². The molecule has 0 saturated carbocycles. The van der Waals surface area contributed by atoms with Gasteiger partial charge in [-0.2, -0.15) is 0 Å². The first-order valence-corrected chi connectivity index (χ1v) is 7.76. The van der Waals surface area contributed by atoms with Crippen molar-refractivity contribution in [2.75, 3.05) is 34.3 Å². The first kappa shape index (κ1) is 20.1. The van der Waals surface area contributed by atoms with Gasteiger partial charge in [0.1, 0.15) is 11.9 Å². The summed E-state index contributed by atoms with van der Waals surface area (Å²) in [6.07, 6.45) is 0. The van der Waals surface area contributed by atoms with E-state index in [1.54, 1.807) is 13.0 Å². The normalized spacial score (nSPS) is 14.8. The maximum atomic E-state index is 14.0. The van der Waals surface area contributed by atoms with E-state index >= 15 is 0 Å². The predicted molar refractivity (Wildman–Crippen MR) is 89.9 cm³/mol. The molecule has 0 spiro atoms. The quantitative estimate of drug-likeness (QED) is 0.737. The summed E-state index contributed by atoms with van der Waals surface area (Å²) in [5.41, 5.74) is -1.41. The molecule has 0 aliphatic heterocycles. The highest BCUT2D eigenvalue weighted by atomic mass is 19.1. The average Bonchev–Trinajstić information content (AvgIpc) is 2.53. The van der Waals surface area contributed by atoms with Crippen molar-refractivity contribution in [1.29, 1.82) is 0 Å². The molecule has 0 heterocycles. The Kier molecular flexibility index (Phi) is 7.31. The second-order valence-electron chi connectivity index (χ2n) is 6.01. The summed E-state index contributed by atoms with van der Waals surface area (Å²) in [7, 11) is 5.12. The second kappa shape index (κ2) is 8.75. The average molecular weight is 339 g/mol. The standard InChI is InChI=1S/C17H26FN3O3/c1-12(15(22)19-10-11-21(3)4)20-16(23)17(2,24-5)13-8-6-7-9-14(13)18/h6-9,12H,10-11H2,1-5H3,(H,19,22)(H,20,23)/t12-,17-/m1/s1. The Balaban J connectivity index is 2.77. The topological polar surface area (TPSA) is 70.7 Å². The summed E-state index contributed by atoms with van der Waals surface area (Å²) in [5.74, 6) is -1.43. The molecule has 0 fully saturated rings. The lowest BCUT2D eigenvalue weighted by Crippen LogP contribution is -2.52. The van der Waals surface area contributed by atoms with Crippen molar-refractivity contribution in [3.63, 3.8) is 0 Å². The molecule has 24 heavy (non-hydrogen) atoms. The lowest BCUT2D eigenvalue weighted by Gasteiger charge is -2.29. The van der Waals surface area contributed by atoms with Crippen LogP contribution in [0.15, 0.2) is 24.3 Å².